The molecule has 1 atom stereocenters. The van der Waals surface area contributed by atoms with Crippen molar-refractivity contribution in [2.75, 3.05) is 12.4 Å². The molecule has 0 spiro atoms. The highest BCUT2D eigenvalue weighted by molar-refractivity contribution is 5.93. The average molecular weight is 411 g/mol. The van der Waals surface area contributed by atoms with E-state index in [1.54, 1.807) is 24.3 Å². The molecular formula is C22H25N3O5. The van der Waals surface area contributed by atoms with E-state index >= 15 is 0 Å². The van der Waals surface area contributed by atoms with Crippen molar-refractivity contribution in [1.82, 2.24) is 10.6 Å². The second kappa shape index (κ2) is 9.89. The first-order valence-electron chi connectivity index (χ1n) is 9.72. The number of carboxylic acid groups (broad SMARTS) is 1. The summed E-state index contributed by atoms with van der Waals surface area (Å²) < 4.78 is 5.10. The Morgan fingerprint density at radius 1 is 1.03 bits per heavy atom. The third kappa shape index (κ3) is 5.81. The highest BCUT2D eigenvalue weighted by Crippen LogP contribution is 2.22. The van der Waals surface area contributed by atoms with Crippen molar-refractivity contribution in [3.05, 3.63) is 59.2 Å². The highest BCUT2D eigenvalue weighted by Gasteiger charge is 2.19. The zero-order chi connectivity index (χ0) is 21.5. The Kier molecular flexibility index (Phi) is 7.03. The van der Waals surface area contributed by atoms with E-state index in [-0.39, 0.29) is 31.1 Å². The minimum Gasteiger partial charge on any atom is -0.497 e. The number of amides is 2. The molecule has 1 heterocycles. The molecule has 8 heteroatoms. The van der Waals surface area contributed by atoms with Gasteiger partial charge in [0.1, 0.15) is 5.75 Å². The fourth-order valence-electron chi connectivity index (χ4n) is 3.35. The number of carbonyl (C=O) groups is 3. The Morgan fingerprint density at radius 2 is 1.73 bits per heavy atom. The summed E-state index contributed by atoms with van der Waals surface area (Å²) >= 11 is 0. The maximum Gasteiger partial charge on any atom is 0.305 e. The summed E-state index contributed by atoms with van der Waals surface area (Å²) in [6.07, 6.45) is -0.290. The number of benzene rings is 2. The van der Waals surface area contributed by atoms with Gasteiger partial charge in [0, 0.05) is 31.6 Å². The van der Waals surface area contributed by atoms with E-state index < -0.39 is 12.0 Å². The van der Waals surface area contributed by atoms with Crippen LogP contribution in [0.2, 0.25) is 0 Å². The first kappa shape index (κ1) is 21.3. The lowest BCUT2D eigenvalue weighted by molar-refractivity contribution is -0.138. The molecule has 158 valence electrons. The number of ether oxygens (including phenoxy) is 1. The van der Waals surface area contributed by atoms with E-state index in [0.29, 0.717) is 17.0 Å². The van der Waals surface area contributed by atoms with Crippen LogP contribution in [0, 0.1) is 0 Å². The summed E-state index contributed by atoms with van der Waals surface area (Å²) in [5.41, 5.74) is 3.73. The van der Waals surface area contributed by atoms with Gasteiger partial charge in [0.25, 0.3) is 0 Å². The predicted octanol–water partition coefficient (Wildman–Crippen LogP) is 2.35. The van der Waals surface area contributed by atoms with Crippen molar-refractivity contribution in [3.8, 4) is 5.75 Å². The topological polar surface area (TPSA) is 117 Å². The van der Waals surface area contributed by atoms with Crippen molar-refractivity contribution in [2.45, 2.75) is 38.4 Å². The van der Waals surface area contributed by atoms with Crippen molar-refractivity contribution < 1.29 is 24.2 Å². The lowest BCUT2D eigenvalue weighted by Crippen LogP contribution is -2.30. The van der Waals surface area contributed by atoms with Gasteiger partial charge in [0.15, 0.2) is 0 Å². The van der Waals surface area contributed by atoms with Gasteiger partial charge in [-0.05, 0) is 41.0 Å². The van der Waals surface area contributed by atoms with Gasteiger partial charge in [0.05, 0.1) is 19.6 Å². The third-order valence-electron chi connectivity index (χ3n) is 4.93. The van der Waals surface area contributed by atoms with Crippen molar-refractivity contribution in [3.63, 3.8) is 0 Å². The van der Waals surface area contributed by atoms with Crippen molar-refractivity contribution in [2.24, 2.45) is 0 Å². The molecule has 1 aliphatic heterocycles. The third-order valence-corrected chi connectivity index (χ3v) is 4.93. The number of hydrogen-bond acceptors (Lipinski definition) is 5. The van der Waals surface area contributed by atoms with E-state index in [1.165, 1.54) is 12.7 Å². The monoisotopic (exact) mass is 411 g/mol. The summed E-state index contributed by atoms with van der Waals surface area (Å²) in [7, 11) is 1.54. The van der Waals surface area contributed by atoms with Crippen LogP contribution >= 0.6 is 0 Å². The first-order valence-corrected chi connectivity index (χ1v) is 9.72. The van der Waals surface area contributed by atoms with Gasteiger partial charge in [-0.15, -0.1) is 0 Å². The number of rotatable bonds is 9. The van der Waals surface area contributed by atoms with Crippen LogP contribution in [-0.4, -0.2) is 30.0 Å². The number of hydrogen-bond donors (Lipinski definition) is 4. The Bertz CT molecular complexity index is 927. The Balaban J connectivity index is 1.52. The zero-order valence-corrected chi connectivity index (χ0v) is 16.7. The maximum absolute atomic E-state index is 12.3. The van der Waals surface area contributed by atoms with Gasteiger partial charge < -0.3 is 25.8 Å². The van der Waals surface area contributed by atoms with Gasteiger partial charge >= 0.3 is 5.97 Å². The van der Waals surface area contributed by atoms with Crippen molar-refractivity contribution >= 4 is 23.5 Å². The number of carboxylic acids is 1. The molecule has 4 N–H and O–H groups in total. The number of aliphatic carboxylic acids is 1. The van der Waals surface area contributed by atoms with E-state index in [0.717, 1.165) is 18.7 Å². The second-order valence-corrected chi connectivity index (χ2v) is 7.13. The summed E-state index contributed by atoms with van der Waals surface area (Å²) in [5, 5.41) is 17.9. The smallest absolute Gasteiger partial charge is 0.305 e. The average Bonchev–Trinajstić information content (AvgIpc) is 3.19. The summed E-state index contributed by atoms with van der Waals surface area (Å²) in [4.78, 5) is 35.7. The molecule has 0 radical (unpaired) electrons. The number of methoxy groups -OCH3 is 1. The van der Waals surface area contributed by atoms with Crippen LogP contribution in [0.4, 0.5) is 5.69 Å². The fraction of sp³-hybridized carbons (Fsp3) is 0.318. The van der Waals surface area contributed by atoms with Gasteiger partial charge in [-0.25, -0.2) is 0 Å². The van der Waals surface area contributed by atoms with Crippen LogP contribution in [-0.2, 0) is 27.5 Å². The van der Waals surface area contributed by atoms with Crippen LogP contribution in [0.25, 0.3) is 0 Å². The quantitative estimate of drug-likeness (QED) is 0.503. The van der Waals surface area contributed by atoms with Crippen LogP contribution in [0.3, 0.4) is 0 Å². The summed E-state index contributed by atoms with van der Waals surface area (Å²) in [5.74, 6) is -1.04. The minimum absolute atomic E-state index is 0.00354. The van der Waals surface area contributed by atoms with Gasteiger partial charge in [-0.1, -0.05) is 18.2 Å². The van der Waals surface area contributed by atoms with Crippen molar-refractivity contribution in [1.29, 1.82) is 0 Å². The normalized spacial score (nSPS) is 13.2. The molecule has 0 fully saturated rings. The highest BCUT2D eigenvalue weighted by atomic mass is 16.5. The molecule has 2 amide bonds. The standard InChI is InChI=1S/C22H25N3O5/c1-30-18-6-3-14(4-7-18)19(11-22(28)29)25-21(27)9-8-20(26)24-17-5-2-15-12-23-13-16(15)10-17/h2-7,10,19,23H,8-9,11-13H2,1H3,(H,24,26)(H,25,27)(H,28,29). The molecule has 0 bridgehead atoms. The van der Waals surface area contributed by atoms with Crippen LogP contribution in [0.1, 0.15) is 42.0 Å². The summed E-state index contributed by atoms with van der Waals surface area (Å²) in [6, 6.07) is 11.9. The molecule has 3 rings (SSSR count). The second-order valence-electron chi connectivity index (χ2n) is 7.13. The Hall–Kier alpha value is -3.39. The van der Waals surface area contributed by atoms with Crippen LogP contribution < -0.4 is 20.7 Å². The Morgan fingerprint density at radius 3 is 2.43 bits per heavy atom. The number of nitrogens with one attached hydrogen (secondary N) is 3. The molecular weight excluding hydrogens is 386 g/mol. The van der Waals surface area contributed by atoms with E-state index in [9.17, 15) is 14.4 Å². The van der Waals surface area contributed by atoms with E-state index in [2.05, 4.69) is 16.0 Å². The first-order chi connectivity index (χ1) is 14.4. The molecule has 8 nitrogen and oxygen atoms in total. The SMILES string of the molecule is COc1ccc(C(CC(=O)O)NC(=O)CCC(=O)Nc2ccc3c(c2)CNC3)cc1. The lowest BCUT2D eigenvalue weighted by atomic mass is 10.0. The van der Waals surface area contributed by atoms with Crippen LogP contribution in [0.15, 0.2) is 42.5 Å². The molecule has 0 saturated carbocycles. The largest absolute Gasteiger partial charge is 0.497 e. The number of anilines is 1. The minimum atomic E-state index is -1.03. The van der Waals surface area contributed by atoms with Gasteiger partial charge in [0.2, 0.25) is 11.8 Å². The molecule has 0 aliphatic carbocycles. The molecule has 1 unspecified atom stereocenters. The molecule has 0 aromatic heterocycles. The lowest BCUT2D eigenvalue weighted by Gasteiger charge is -2.18. The summed E-state index contributed by atoms with van der Waals surface area (Å²) in [6.45, 7) is 1.60. The molecule has 2 aromatic rings. The predicted molar refractivity (Wildman–Crippen MR) is 111 cm³/mol. The molecule has 2 aromatic carbocycles. The van der Waals surface area contributed by atoms with Crippen LogP contribution in [0.5, 0.6) is 5.75 Å². The maximum atomic E-state index is 12.3. The van der Waals surface area contributed by atoms with E-state index in [1.807, 2.05) is 18.2 Å². The number of fused-ring (bicyclic) bond motifs is 1. The molecule has 1 aliphatic rings. The van der Waals surface area contributed by atoms with E-state index in [4.69, 9.17) is 9.84 Å². The molecule has 30 heavy (non-hydrogen) atoms. The van der Waals surface area contributed by atoms with Gasteiger partial charge in [-0.2, -0.15) is 0 Å². The zero-order valence-electron chi connectivity index (χ0n) is 16.7. The fourth-order valence-corrected chi connectivity index (χ4v) is 3.35. The number of carbonyl (C=O) groups excluding carboxylic acids is 2. The van der Waals surface area contributed by atoms with Gasteiger partial charge in [-0.3, -0.25) is 14.4 Å². The Labute approximate surface area is 174 Å². The molecule has 0 saturated heterocycles.